The Morgan fingerprint density at radius 3 is 2.65 bits per heavy atom. The van der Waals surface area contributed by atoms with Crippen LogP contribution in [0.4, 0.5) is 5.69 Å². The SMILES string of the molecule is CCCC(C)(N)C(=O)Nc1cccc(CN2CCN(C)CC2)c1. The van der Waals surface area contributed by atoms with Gasteiger partial charge in [-0.3, -0.25) is 9.69 Å². The van der Waals surface area contributed by atoms with Gasteiger partial charge in [0, 0.05) is 38.4 Å². The summed E-state index contributed by atoms with van der Waals surface area (Å²) in [7, 11) is 2.16. The molecule has 0 aromatic heterocycles. The fraction of sp³-hybridized carbons (Fsp3) is 0.611. The maximum absolute atomic E-state index is 12.3. The lowest BCUT2D eigenvalue weighted by Gasteiger charge is -2.32. The number of hydrogen-bond donors (Lipinski definition) is 2. The Morgan fingerprint density at radius 2 is 2.00 bits per heavy atom. The molecule has 1 aliphatic heterocycles. The Balaban J connectivity index is 1.95. The number of carbonyl (C=O) groups is 1. The number of hydrogen-bond acceptors (Lipinski definition) is 4. The van der Waals surface area contributed by atoms with E-state index in [1.54, 1.807) is 6.92 Å². The van der Waals surface area contributed by atoms with E-state index < -0.39 is 5.54 Å². The number of anilines is 1. The smallest absolute Gasteiger partial charge is 0.244 e. The van der Waals surface area contributed by atoms with Crippen molar-refractivity contribution in [2.45, 2.75) is 38.8 Å². The van der Waals surface area contributed by atoms with E-state index >= 15 is 0 Å². The first-order valence-corrected chi connectivity index (χ1v) is 8.51. The van der Waals surface area contributed by atoms with Crippen LogP contribution < -0.4 is 11.1 Å². The Bertz CT molecular complexity index is 522. The van der Waals surface area contributed by atoms with Gasteiger partial charge in [-0.2, -0.15) is 0 Å². The van der Waals surface area contributed by atoms with E-state index in [2.05, 4.69) is 34.3 Å². The number of nitrogens with zero attached hydrogens (tertiary/aromatic N) is 2. The van der Waals surface area contributed by atoms with E-state index in [1.807, 2.05) is 19.1 Å². The van der Waals surface area contributed by atoms with Crippen LogP contribution >= 0.6 is 0 Å². The summed E-state index contributed by atoms with van der Waals surface area (Å²) in [5.41, 5.74) is 7.33. The molecule has 0 spiro atoms. The molecule has 1 unspecified atom stereocenters. The van der Waals surface area contributed by atoms with Crippen molar-refractivity contribution in [2.75, 3.05) is 38.5 Å². The normalized spacial score (nSPS) is 19.3. The first-order chi connectivity index (χ1) is 10.9. The zero-order valence-corrected chi connectivity index (χ0v) is 14.6. The average Bonchev–Trinajstić information content (AvgIpc) is 2.50. The Morgan fingerprint density at radius 1 is 1.30 bits per heavy atom. The van der Waals surface area contributed by atoms with Gasteiger partial charge in [0.1, 0.15) is 0 Å². The summed E-state index contributed by atoms with van der Waals surface area (Å²) in [6.45, 7) is 9.15. The number of piperazine rings is 1. The molecule has 1 aromatic carbocycles. The van der Waals surface area contributed by atoms with Gasteiger partial charge >= 0.3 is 0 Å². The first-order valence-electron chi connectivity index (χ1n) is 8.51. The van der Waals surface area contributed by atoms with Crippen molar-refractivity contribution in [3.05, 3.63) is 29.8 Å². The summed E-state index contributed by atoms with van der Waals surface area (Å²) in [4.78, 5) is 17.1. The largest absolute Gasteiger partial charge is 0.324 e. The van der Waals surface area contributed by atoms with Crippen LogP contribution in [0.2, 0.25) is 0 Å². The summed E-state index contributed by atoms with van der Waals surface area (Å²) in [5.74, 6) is -0.115. The van der Waals surface area contributed by atoms with Crippen molar-refractivity contribution in [1.29, 1.82) is 0 Å². The zero-order chi connectivity index (χ0) is 16.9. The minimum Gasteiger partial charge on any atom is -0.324 e. The third kappa shape index (κ3) is 5.30. The predicted molar refractivity (Wildman–Crippen MR) is 95.3 cm³/mol. The molecule has 128 valence electrons. The van der Waals surface area contributed by atoms with Gasteiger partial charge in [-0.25, -0.2) is 0 Å². The highest BCUT2D eigenvalue weighted by atomic mass is 16.2. The van der Waals surface area contributed by atoms with Gasteiger partial charge in [-0.05, 0) is 38.1 Å². The first kappa shape index (κ1) is 17.9. The quantitative estimate of drug-likeness (QED) is 0.841. The molecule has 1 aliphatic rings. The third-order valence-corrected chi connectivity index (χ3v) is 4.47. The number of carbonyl (C=O) groups excluding carboxylic acids is 1. The molecule has 0 bridgehead atoms. The van der Waals surface area contributed by atoms with Crippen LogP contribution in [0.1, 0.15) is 32.3 Å². The average molecular weight is 318 g/mol. The van der Waals surface area contributed by atoms with Crippen LogP contribution in [0.15, 0.2) is 24.3 Å². The van der Waals surface area contributed by atoms with Gasteiger partial charge in [0.2, 0.25) is 5.91 Å². The fourth-order valence-electron chi connectivity index (χ4n) is 2.92. The van der Waals surface area contributed by atoms with Gasteiger partial charge in [-0.15, -0.1) is 0 Å². The molecule has 1 amide bonds. The molecule has 1 aromatic rings. The molecule has 2 rings (SSSR count). The van der Waals surface area contributed by atoms with Gasteiger partial charge in [0.05, 0.1) is 5.54 Å². The highest BCUT2D eigenvalue weighted by Crippen LogP contribution is 2.17. The number of nitrogens with two attached hydrogens (primary N) is 1. The molecule has 23 heavy (non-hydrogen) atoms. The molecule has 0 radical (unpaired) electrons. The number of amides is 1. The Hall–Kier alpha value is -1.43. The Labute approximate surface area is 139 Å². The lowest BCUT2D eigenvalue weighted by Crippen LogP contribution is -2.48. The van der Waals surface area contributed by atoms with Crippen LogP contribution in [-0.2, 0) is 11.3 Å². The maximum atomic E-state index is 12.3. The molecule has 1 fully saturated rings. The Kier molecular flexibility index (Phi) is 6.16. The van der Waals surface area contributed by atoms with E-state index in [0.29, 0.717) is 6.42 Å². The van der Waals surface area contributed by atoms with E-state index in [-0.39, 0.29) is 5.91 Å². The van der Waals surface area contributed by atoms with E-state index in [1.165, 1.54) is 5.56 Å². The van der Waals surface area contributed by atoms with E-state index in [4.69, 9.17) is 5.73 Å². The summed E-state index contributed by atoms with van der Waals surface area (Å²) in [6, 6.07) is 8.09. The lowest BCUT2D eigenvalue weighted by molar-refractivity contribution is -0.120. The van der Waals surface area contributed by atoms with E-state index in [9.17, 15) is 4.79 Å². The molecule has 1 heterocycles. The van der Waals surface area contributed by atoms with Crippen molar-refractivity contribution < 1.29 is 4.79 Å². The minimum absolute atomic E-state index is 0.115. The highest BCUT2D eigenvalue weighted by Gasteiger charge is 2.27. The second kappa shape index (κ2) is 7.90. The van der Waals surface area contributed by atoms with Crippen molar-refractivity contribution in [1.82, 2.24) is 9.80 Å². The second-order valence-electron chi connectivity index (χ2n) is 6.90. The number of rotatable bonds is 6. The van der Waals surface area contributed by atoms with Gasteiger partial charge < -0.3 is 16.0 Å². The highest BCUT2D eigenvalue weighted by molar-refractivity contribution is 5.97. The summed E-state index contributed by atoms with van der Waals surface area (Å²) in [5, 5.41) is 2.96. The zero-order valence-electron chi connectivity index (χ0n) is 14.6. The van der Waals surface area contributed by atoms with Gasteiger partial charge in [0.15, 0.2) is 0 Å². The number of nitrogens with one attached hydrogen (secondary N) is 1. The van der Waals surface area contributed by atoms with Crippen LogP contribution in [0.3, 0.4) is 0 Å². The van der Waals surface area contributed by atoms with Crippen LogP contribution in [0.5, 0.6) is 0 Å². The molecular weight excluding hydrogens is 288 g/mol. The fourth-order valence-corrected chi connectivity index (χ4v) is 2.92. The standard InChI is InChI=1S/C18H30N4O/c1-4-8-18(2,19)17(23)20-16-7-5-6-15(13-16)14-22-11-9-21(3)10-12-22/h5-7,13H,4,8-12,14,19H2,1-3H3,(H,20,23). The minimum atomic E-state index is -0.817. The van der Waals surface area contributed by atoms with Crippen LogP contribution in [0.25, 0.3) is 0 Å². The molecule has 1 saturated heterocycles. The maximum Gasteiger partial charge on any atom is 0.244 e. The molecule has 5 nitrogen and oxygen atoms in total. The number of benzene rings is 1. The van der Waals surface area contributed by atoms with Crippen LogP contribution in [-0.4, -0.2) is 54.5 Å². The second-order valence-corrected chi connectivity index (χ2v) is 6.90. The molecule has 5 heteroatoms. The van der Waals surface area contributed by atoms with Crippen molar-refractivity contribution in [2.24, 2.45) is 5.73 Å². The third-order valence-electron chi connectivity index (χ3n) is 4.47. The topological polar surface area (TPSA) is 61.6 Å². The molecule has 0 aliphatic carbocycles. The summed E-state index contributed by atoms with van der Waals surface area (Å²) >= 11 is 0. The van der Waals surface area contributed by atoms with Gasteiger partial charge in [-0.1, -0.05) is 25.5 Å². The monoisotopic (exact) mass is 318 g/mol. The van der Waals surface area contributed by atoms with Crippen LogP contribution in [0, 0.1) is 0 Å². The lowest BCUT2D eigenvalue weighted by atomic mass is 9.96. The molecule has 0 saturated carbocycles. The van der Waals surface area contributed by atoms with Crippen molar-refractivity contribution in [3.63, 3.8) is 0 Å². The van der Waals surface area contributed by atoms with Crippen molar-refractivity contribution in [3.8, 4) is 0 Å². The van der Waals surface area contributed by atoms with Gasteiger partial charge in [0.25, 0.3) is 0 Å². The summed E-state index contributed by atoms with van der Waals surface area (Å²) < 4.78 is 0. The van der Waals surface area contributed by atoms with E-state index in [0.717, 1.165) is 44.8 Å². The van der Waals surface area contributed by atoms with Crippen molar-refractivity contribution >= 4 is 11.6 Å². The predicted octanol–water partition coefficient (Wildman–Crippen LogP) is 1.89. The number of likely N-dealkylation sites (N-methyl/N-ethyl adjacent to an activating group) is 1. The molecule has 1 atom stereocenters. The summed E-state index contributed by atoms with van der Waals surface area (Å²) in [6.07, 6.45) is 1.57. The molecular formula is C18H30N4O. The molecule has 3 N–H and O–H groups in total.